The van der Waals surface area contributed by atoms with Crippen molar-refractivity contribution in [3.63, 3.8) is 0 Å². The molecule has 0 spiro atoms. The van der Waals surface area contributed by atoms with Crippen LogP contribution in [0.15, 0.2) is 36.4 Å². The molecule has 0 saturated heterocycles. The molecule has 0 radical (unpaired) electrons. The third-order valence-electron chi connectivity index (χ3n) is 2.86. The Morgan fingerprint density at radius 1 is 1.26 bits per heavy atom. The summed E-state index contributed by atoms with van der Waals surface area (Å²) in [7, 11) is 0. The third-order valence-corrected chi connectivity index (χ3v) is 4.05. The molecule has 5 heteroatoms. The van der Waals surface area contributed by atoms with Crippen molar-refractivity contribution in [2.75, 3.05) is 5.43 Å². The quantitative estimate of drug-likeness (QED) is 0.593. The zero-order valence-electron chi connectivity index (χ0n) is 10.9. The fourth-order valence-electron chi connectivity index (χ4n) is 1.84. The van der Waals surface area contributed by atoms with Crippen LogP contribution in [0.4, 0.5) is 5.69 Å². The Morgan fingerprint density at radius 3 is 2.63 bits per heavy atom. The highest BCUT2D eigenvalue weighted by Crippen LogP contribution is 2.23. The van der Waals surface area contributed by atoms with E-state index in [2.05, 4.69) is 23.7 Å². The lowest BCUT2D eigenvalue weighted by atomic mass is 10.1. The zero-order valence-corrected chi connectivity index (χ0v) is 11.8. The van der Waals surface area contributed by atoms with Crippen LogP contribution >= 0.6 is 11.3 Å². The van der Waals surface area contributed by atoms with Crippen LogP contribution in [0.25, 0.3) is 0 Å². The number of rotatable bonds is 4. The fraction of sp³-hybridized carbons (Fsp3) is 0.214. The molecule has 0 aliphatic heterocycles. The second-order valence-corrected chi connectivity index (χ2v) is 5.65. The van der Waals surface area contributed by atoms with Crippen LogP contribution in [-0.4, -0.2) is 5.91 Å². The van der Waals surface area contributed by atoms with Crippen molar-refractivity contribution >= 4 is 22.9 Å². The van der Waals surface area contributed by atoms with Gasteiger partial charge in [0, 0.05) is 9.75 Å². The first-order valence-electron chi connectivity index (χ1n) is 6.04. The molecular formula is C14H17N3OS. The van der Waals surface area contributed by atoms with Crippen molar-refractivity contribution in [2.45, 2.75) is 19.9 Å². The summed E-state index contributed by atoms with van der Waals surface area (Å²) in [6.07, 6.45) is 0. The van der Waals surface area contributed by atoms with Crippen molar-refractivity contribution in [1.29, 1.82) is 0 Å². The maximum Gasteiger partial charge on any atom is 0.253 e. The summed E-state index contributed by atoms with van der Waals surface area (Å²) in [6, 6.07) is 11.2. The van der Waals surface area contributed by atoms with Gasteiger partial charge < -0.3 is 10.7 Å². The SMILES string of the molecule is Cc1ccc(C(C)NC(=O)c2ccccc2NN)s1. The van der Waals surface area contributed by atoms with Gasteiger partial charge in [0.25, 0.3) is 5.91 Å². The smallest absolute Gasteiger partial charge is 0.253 e. The van der Waals surface area contributed by atoms with E-state index in [1.807, 2.05) is 25.1 Å². The van der Waals surface area contributed by atoms with E-state index in [0.29, 0.717) is 11.3 Å². The van der Waals surface area contributed by atoms with E-state index in [-0.39, 0.29) is 11.9 Å². The van der Waals surface area contributed by atoms with Gasteiger partial charge in [-0.1, -0.05) is 12.1 Å². The Balaban J connectivity index is 2.12. The molecule has 1 atom stereocenters. The van der Waals surface area contributed by atoms with E-state index in [9.17, 15) is 4.79 Å². The Kier molecular flexibility index (Phi) is 4.19. The van der Waals surface area contributed by atoms with Crippen LogP contribution in [-0.2, 0) is 0 Å². The minimum Gasteiger partial charge on any atom is -0.345 e. The first-order valence-corrected chi connectivity index (χ1v) is 6.86. The molecule has 4 N–H and O–H groups in total. The predicted octanol–water partition coefficient (Wildman–Crippen LogP) is 2.83. The number of anilines is 1. The number of thiophene rings is 1. The lowest BCUT2D eigenvalue weighted by molar-refractivity contribution is 0.0941. The standard InChI is InChI=1S/C14H17N3OS/c1-9-7-8-13(19-9)10(2)16-14(18)11-5-3-4-6-12(11)17-15/h3-8,10,17H,15H2,1-2H3,(H,16,18). The molecular weight excluding hydrogens is 258 g/mol. The lowest BCUT2D eigenvalue weighted by Crippen LogP contribution is -2.27. The summed E-state index contributed by atoms with van der Waals surface area (Å²) >= 11 is 1.69. The summed E-state index contributed by atoms with van der Waals surface area (Å²) in [4.78, 5) is 14.6. The van der Waals surface area contributed by atoms with Crippen LogP contribution in [0, 0.1) is 6.92 Å². The van der Waals surface area contributed by atoms with Gasteiger partial charge in [-0.3, -0.25) is 10.6 Å². The number of carbonyl (C=O) groups is 1. The highest BCUT2D eigenvalue weighted by molar-refractivity contribution is 7.12. The second kappa shape index (κ2) is 5.86. The van der Waals surface area contributed by atoms with Gasteiger partial charge in [0.05, 0.1) is 17.3 Å². The van der Waals surface area contributed by atoms with Crippen molar-refractivity contribution < 1.29 is 4.79 Å². The molecule has 1 aromatic carbocycles. The van der Waals surface area contributed by atoms with Crippen molar-refractivity contribution in [3.05, 3.63) is 51.7 Å². The predicted molar refractivity (Wildman–Crippen MR) is 79.2 cm³/mol. The van der Waals surface area contributed by atoms with Gasteiger partial charge in [0.2, 0.25) is 0 Å². The average molecular weight is 275 g/mol. The number of aryl methyl sites for hydroxylation is 1. The summed E-state index contributed by atoms with van der Waals surface area (Å²) < 4.78 is 0. The van der Waals surface area contributed by atoms with Gasteiger partial charge >= 0.3 is 0 Å². The molecule has 19 heavy (non-hydrogen) atoms. The maximum atomic E-state index is 12.2. The van der Waals surface area contributed by atoms with Gasteiger partial charge in [0.15, 0.2) is 0 Å². The first kappa shape index (κ1) is 13.6. The molecule has 0 saturated carbocycles. The number of nitrogen functional groups attached to an aromatic ring is 1. The highest BCUT2D eigenvalue weighted by Gasteiger charge is 2.15. The summed E-state index contributed by atoms with van der Waals surface area (Å²) in [5.41, 5.74) is 3.70. The number of nitrogens with two attached hydrogens (primary N) is 1. The minimum absolute atomic E-state index is 0.0166. The van der Waals surface area contributed by atoms with Crippen molar-refractivity contribution in [1.82, 2.24) is 5.32 Å². The molecule has 1 unspecified atom stereocenters. The van der Waals surface area contributed by atoms with Crippen molar-refractivity contribution in [3.8, 4) is 0 Å². The molecule has 2 aromatic rings. The second-order valence-electron chi connectivity index (χ2n) is 4.33. The van der Waals surface area contributed by atoms with E-state index < -0.39 is 0 Å². The Morgan fingerprint density at radius 2 is 2.00 bits per heavy atom. The van der Waals surface area contributed by atoms with E-state index in [1.165, 1.54) is 4.88 Å². The summed E-state index contributed by atoms with van der Waals surface area (Å²) in [5, 5.41) is 2.98. The number of hydrogen-bond donors (Lipinski definition) is 3. The molecule has 100 valence electrons. The number of carbonyl (C=O) groups excluding carboxylic acids is 1. The van der Waals surface area contributed by atoms with Crippen LogP contribution in [0.2, 0.25) is 0 Å². The summed E-state index contributed by atoms with van der Waals surface area (Å²) in [5.74, 6) is 5.27. The fourth-order valence-corrected chi connectivity index (χ4v) is 2.72. The number of hydrazine groups is 1. The monoisotopic (exact) mass is 275 g/mol. The molecule has 2 rings (SSSR count). The third kappa shape index (κ3) is 3.13. The van der Waals surface area contributed by atoms with Crippen LogP contribution < -0.4 is 16.6 Å². The largest absolute Gasteiger partial charge is 0.345 e. The molecule has 0 fully saturated rings. The number of benzene rings is 1. The Labute approximate surface area is 116 Å². The van der Waals surface area contributed by atoms with E-state index >= 15 is 0 Å². The lowest BCUT2D eigenvalue weighted by Gasteiger charge is -2.14. The minimum atomic E-state index is -0.132. The first-order chi connectivity index (χ1) is 9.11. The van der Waals surface area contributed by atoms with E-state index in [4.69, 9.17) is 5.84 Å². The maximum absolute atomic E-state index is 12.2. The average Bonchev–Trinajstić information content (AvgIpc) is 2.85. The molecule has 1 heterocycles. The normalized spacial score (nSPS) is 11.9. The highest BCUT2D eigenvalue weighted by atomic mass is 32.1. The molecule has 0 bridgehead atoms. The molecule has 1 amide bonds. The van der Waals surface area contributed by atoms with Crippen LogP contribution in [0.5, 0.6) is 0 Å². The van der Waals surface area contributed by atoms with Gasteiger partial charge in [0.1, 0.15) is 0 Å². The van der Waals surface area contributed by atoms with Crippen molar-refractivity contribution in [2.24, 2.45) is 5.84 Å². The van der Waals surface area contributed by atoms with Crippen LogP contribution in [0.3, 0.4) is 0 Å². The number of hydrogen-bond acceptors (Lipinski definition) is 4. The number of para-hydroxylation sites is 1. The summed E-state index contributed by atoms with van der Waals surface area (Å²) in [6.45, 7) is 4.03. The Bertz CT molecular complexity index is 580. The molecule has 1 aromatic heterocycles. The van der Waals surface area contributed by atoms with Gasteiger partial charge in [-0.15, -0.1) is 11.3 Å². The number of amides is 1. The van der Waals surface area contributed by atoms with E-state index in [0.717, 1.165) is 4.88 Å². The van der Waals surface area contributed by atoms with E-state index in [1.54, 1.807) is 23.5 Å². The van der Waals surface area contributed by atoms with Gasteiger partial charge in [-0.2, -0.15) is 0 Å². The van der Waals surface area contributed by atoms with Crippen LogP contribution in [0.1, 0.15) is 33.1 Å². The zero-order chi connectivity index (χ0) is 13.8. The Hall–Kier alpha value is -1.85. The molecule has 0 aliphatic carbocycles. The molecule has 4 nitrogen and oxygen atoms in total. The number of nitrogens with one attached hydrogen (secondary N) is 2. The van der Waals surface area contributed by atoms with Gasteiger partial charge in [-0.25, -0.2) is 0 Å². The molecule has 0 aliphatic rings. The van der Waals surface area contributed by atoms with Gasteiger partial charge in [-0.05, 0) is 38.1 Å². The topological polar surface area (TPSA) is 67.2 Å².